The van der Waals surface area contributed by atoms with E-state index in [0.29, 0.717) is 5.56 Å². The van der Waals surface area contributed by atoms with Crippen LogP contribution in [0.5, 0.6) is 0 Å². The van der Waals surface area contributed by atoms with Crippen LogP contribution in [-0.2, 0) is 6.42 Å². The topological polar surface area (TPSA) is 47.8 Å². The molecule has 1 aromatic heterocycles. The highest BCUT2D eigenvalue weighted by molar-refractivity contribution is 5.98. The third kappa shape index (κ3) is 2.41. The number of benzene rings is 1. The van der Waals surface area contributed by atoms with Crippen molar-refractivity contribution in [1.29, 1.82) is 0 Å². The lowest BCUT2D eigenvalue weighted by molar-refractivity contribution is 0.0928. The fourth-order valence-corrected chi connectivity index (χ4v) is 1.68. The number of rotatable bonds is 4. The summed E-state index contributed by atoms with van der Waals surface area (Å²) < 4.78 is 1.57. The molecule has 1 atom stereocenters. The maximum Gasteiger partial charge on any atom is 0.187 e. The number of carbonyl (C=O) groups excluding carboxylic acids is 1. The van der Waals surface area contributed by atoms with Gasteiger partial charge in [0, 0.05) is 5.56 Å². The summed E-state index contributed by atoms with van der Waals surface area (Å²) in [7, 11) is 0. The van der Waals surface area contributed by atoms with Crippen molar-refractivity contribution in [2.75, 3.05) is 0 Å². The summed E-state index contributed by atoms with van der Waals surface area (Å²) >= 11 is 0. The summed E-state index contributed by atoms with van der Waals surface area (Å²) in [5.41, 5.74) is 1.94. The molecule has 4 nitrogen and oxygen atoms in total. The average molecular weight is 229 g/mol. The molecule has 0 bridgehead atoms. The van der Waals surface area contributed by atoms with Gasteiger partial charge in [-0.3, -0.25) is 4.79 Å². The Hall–Kier alpha value is -1.97. The molecule has 1 unspecified atom stereocenters. The van der Waals surface area contributed by atoms with Crippen LogP contribution in [0.15, 0.2) is 36.9 Å². The van der Waals surface area contributed by atoms with Crippen LogP contribution in [0.3, 0.4) is 0 Å². The Kier molecular flexibility index (Phi) is 3.32. The second-order valence-corrected chi connectivity index (χ2v) is 3.97. The predicted molar refractivity (Wildman–Crippen MR) is 64.9 cm³/mol. The minimum absolute atomic E-state index is 0.0538. The van der Waals surface area contributed by atoms with Gasteiger partial charge in [0.2, 0.25) is 0 Å². The van der Waals surface area contributed by atoms with Crippen LogP contribution < -0.4 is 0 Å². The molecule has 0 N–H and O–H groups in total. The Morgan fingerprint density at radius 3 is 2.59 bits per heavy atom. The first kappa shape index (κ1) is 11.5. The molecule has 0 aliphatic heterocycles. The van der Waals surface area contributed by atoms with E-state index in [4.69, 9.17) is 0 Å². The highest BCUT2D eigenvalue weighted by Gasteiger charge is 2.17. The lowest BCUT2D eigenvalue weighted by Crippen LogP contribution is -2.17. The molecule has 0 fully saturated rings. The van der Waals surface area contributed by atoms with Crippen molar-refractivity contribution < 1.29 is 4.79 Å². The zero-order valence-corrected chi connectivity index (χ0v) is 10.00. The zero-order chi connectivity index (χ0) is 12.3. The number of aromatic nitrogens is 3. The summed E-state index contributed by atoms with van der Waals surface area (Å²) in [4.78, 5) is 16.0. The van der Waals surface area contributed by atoms with Crippen molar-refractivity contribution in [2.24, 2.45) is 0 Å². The van der Waals surface area contributed by atoms with E-state index in [-0.39, 0.29) is 11.8 Å². The van der Waals surface area contributed by atoms with Gasteiger partial charge < -0.3 is 0 Å². The molecule has 1 heterocycles. The third-order valence-corrected chi connectivity index (χ3v) is 2.86. The monoisotopic (exact) mass is 229 g/mol. The number of aryl methyl sites for hydroxylation is 1. The number of ketones is 1. The number of hydrogen-bond donors (Lipinski definition) is 0. The third-order valence-electron chi connectivity index (χ3n) is 2.86. The van der Waals surface area contributed by atoms with E-state index in [1.165, 1.54) is 11.9 Å². The van der Waals surface area contributed by atoms with Gasteiger partial charge >= 0.3 is 0 Å². The molecular formula is C13H15N3O. The molecule has 2 aromatic rings. The minimum atomic E-state index is -0.315. The van der Waals surface area contributed by atoms with Crippen molar-refractivity contribution in [3.05, 3.63) is 48.0 Å². The van der Waals surface area contributed by atoms with Gasteiger partial charge in [0.25, 0.3) is 0 Å². The van der Waals surface area contributed by atoms with Crippen molar-refractivity contribution in [2.45, 2.75) is 26.3 Å². The Morgan fingerprint density at radius 1 is 1.35 bits per heavy atom. The van der Waals surface area contributed by atoms with Crippen molar-refractivity contribution >= 4 is 5.78 Å². The Morgan fingerprint density at radius 2 is 2.06 bits per heavy atom. The standard InChI is InChI=1S/C13H15N3O/c1-3-11-4-6-12(7-5-11)13(17)10(2)16-9-14-8-15-16/h4-10H,3H2,1-2H3. The predicted octanol–water partition coefficient (Wildman–Crippen LogP) is 2.28. The van der Waals surface area contributed by atoms with Crippen molar-refractivity contribution in [1.82, 2.24) is 14.8 Å². The first-order valence-corrected chi connectivity index (χ1v) is 5.69. The summed E-state index contributed by atoms with van der Waals surface area (Å²) in [5.74, 6) is 0.0538. The summed E-state index contributed by atoms with van der Waals surface area (Å²) in [5, 5.41) is 3.98. The van der Waals surface area contributed by atoms with E-state index < -0.39 is 0 Å². The van der Waals surface area contributed by atoms with Gasteiger partial charge in [-0.1, -0.05) is 31.2 Å². The number of nitrogens with zero attached hydrogens (tertiary/aromatic N) is 3. The van der Waals surface area contributed by atoms with E-state index in [0.717, 1.165) is 6.42 Å². The van der Waals surface area contributed by atoms with Crippen LogP contribution in [0.25, 0.3) is 0 Å². The Labute approximate surface area is 100 Å². The first-order valence-electron chi connectivity index (χ1n) is 5.69. The van der Waals surface area contributed by atoms with E-state index in [1.807, 2.05) is 31.2 Å². The Balaban J connectivity index is 2.19. The lowest BCUT2D eigenvalue weighted by Gasteiger charge is -2.10. The number of Topliss-reactive ketones (excluding diaryl/α,β-unsaturated/α-hetero) is 1. The zero-order valence-electron chi connectivity index (χ0n) is 10.00. The highest BCUT2D eigenvalue weighted by Crippen LogP contribution is 2.13. The number of carbonyl (C=O) groups is 1. The molecule has 4 heteroatoms. The molecule has 0 aliphatic carbocycles. The summed E-state index contributed by atoms with van der Waals surface area (Å²) in [6, 6.07) is 7.40. The van der Waals surface area contributed by atoms with E-state index in [9.17, 15) is 4.79 Å². The lowest BCUT2D eigenvalue weighted by atomic mass is 10.0. The van der Waals surface area contributed by atoms with Crippen LogP contribution in [0, 0.1) is 0 Å². The molecule has 0 radical (unpaired) electrons. The molecule has 0 aliphatic rings. The second kappa shape index (κ2) is 4.91. The van der Waals surface area contributed by atoms with Gasteiger partial charge in [0.1, 0.15) is 18.7 Å². The van der Waals surface area contributed by atoms with Crippen LogP contribution in [-0.4, -0.2) is 20.5 Å². The molecule has 17 heavy (non-hydrogen) atoms. The minimum Gasteiger partial charge on any atom is -0.292 e. The van der Waals surface area contributed by atoms with Gasteiger partial charge in [0.15, 0.2) is 5.78 Å². The van der Waals surface area contributed by atoms with Gasteiger partial charge in [-0.15, -0.1) is 0 Å². The molecule has 0 amide bonds. The fourth-order valence-electron chi connectivity index (χ4n) is 1.68. The Bertz CT molecular complexity index is 488. The molecular weight excluding hydrogens is 214 g/mol. The van der Waals surface area contributed by atoms with Crippen LogP contribution in [0.1, 0.15) is 35.8 Å². The van der Waals surface area contributed by atoms with Crippen molar-refractivity contribution in [3.8, 4) is 0 Å². The quantitative estimate of drug-likeness (QED) is 0.756. The average Bonchev–Trinajstić information content (AvgIpc) is 2.91. The summed E-state index contributed by atoms with van der Waals surface area (Å²) in [6.45, 7) is 3.92. The number of hydrogen-bond acceptors (Lipinski definition) is 3. The highest BCUT2D eigenvalue weighted by atomic mass is 16.1. The van der Waals surface area contributed by atoms with Crippen LogP contribution in [0.2, 0.25) is 0 Å². The smallest absolute Gasteiger partial charge is 0.187 e. The maximum atomic E-state index is 12.2. The SMILES string of the molecule is CCc1ccc(C(=O)C(C)n2cncn2)cc1. The molecule has 0 spiro atoms. The van der Waals surface area contributed by atoms with Crippen LogP contribution >= 0.6 is 0 Å². The second-order valence-electron chi connectivity index (χ2n) is 3.97. The maximum absolute atomic E-state index is 12.2. The van der Waals surface area contributed by atoms with Gasteiger partial charge in [0.05, 0.1) is 0 Å². The molecule has 0 saturated carbocycles. The van der Waals surface area contributed by atoms with Crippen LogP contribution in [0.4, 0.5) is 0 Å². The molecule has 1 aromatic carbocycles. The van der Waals surface area contributed by atoms with E-state index >= 15 is 0 Å². The molecule has 2 rings (SSSR count). The fraction of sp³-hybridized carbons (Fsp3) is 0.308. The van der Waals surface area contributed by atoms with Gasteiger partial charge in [-0.25, -0.2) is 9.67 Å². The van der Waals surface area contributed by atoms with Gasteiger partial charge in [-0.05, 0) is 18.9 Å². The first-order chi connectivity index (χ1) is 8.22. The van der Waals surface area contributed by atoms with Crippen molar-refractivity contribution in [3.63, 3.8) is 0 Å². The van der Waals surface area contributed by atoms with E-state index in [1.54, 1.807) is 11.0 Å². The normalized spacial score (nSPS) is 12.4. The van der Waals surface area contributed by atoms with E-state index in [2.05, 4.69) is 17.0 Å². The largest absolute Gasteiger partial charge is 0.292 e. The molecule has 88 valence electrons. The van der Waals surface area contributed by atoms with Gasteiger partial charge in [-0.2, -0.15) is 5.10 Å². The molecule has 0 saturated heterocycles. The summed E-state index contributed by atoms with van der Waals surface area (Å²) in [6.07, 6.45) is 3.97.